The van der Waals surface area contributed by atoms with Crippen LogP contribution in [0.15, 0.2) is 22.6 Å². The van der Waals surface area contributed by atoms with Crippen LogP contribution in [-0.4, -0.2) is 55.4 Å². The number of hydrogen-bond donors (Lipinski definition) is 0. The minimum Gasteiger partial charge on any atom is -0.450 e. The monoisotopic (exact) mass is 409 g/mol. The van der Waals surface area contributed by atoms with Crippen LogP contribution < -0.4 is 0 Å². The molecule has 1 aromatic carbocycles. The highest BCUT2D eigenvalue weighted by Crippen LogP contribution is 2.32. The smallest absolute Gasteiger partial charge is 0.375 e. The summed E-state index contributed by atoms with van der Waals surface area (Å²) < 4.78 is 47.5. The van der Waals surface area contributed by atoms with Crippen LogP contribution in [0, 0.1) is 12.7 Å². The number of furan rings is 1. The highest BCUT2D eigenvalue weighted by Gasteiger charge is 2.42. The molecule has 0 unspecified atom stereocenters. The lowest BCUT2D eigenvalue weighted by Crippen LogP contribution is -2.44. The number of aryl methyl sites for hydroxylation is 1. The van der Waals surface area contributed by atoms with Gasteiger partial charge in [-0.05, 0) is 44.4 Å². The molecule has 2 aliphatic rings. The van der Waals surface area contributed by atoms with Gasteiger partial charge in [-0.2, -0.15) is 0 Å². The predicted molar refractivity (Wildman–Crippen MR) is 98.1 cm³/mol. The van der Waals surface area contributed by atoms with Crippen LogP contribution in [0.3, 0.4) is 0 Å². The third kappa shape index (κ3) is 3.63. The van der Waals surface area contributed by atoms with Crippen molar-refractivity contribution in [2.45, 2.75) is 38.3 Å². The number of hydrogen-bond acceptors (Lipinski definition) is 6. The fraction of sp³-hybridized carbons (Fsp3) is 0.474. The molecule has 2 fully saturated rings. The molecule has 9 heteroatoms. The van der Waals surface area contributed by atoms with E-state index in [2.05, 4.69) is 0 Å². The molecule has 1 saturated carbocycles. The number of carbonyl (C=O) groups is 2. The third-order valence-corrected chi connectivity index (χ3v) is 6.99. The quantitative estimate of drug-likeness (QED) is 0.703. The van der Waals surface area contributed by atoms with Gasteiger partial charge in [0.15, 0.2) is 16.4 Å². The molecule has 0 N–H and O–H groups in total. The lowest BCUT2D eigenvalue weighted by Gasteiger charge is -2.28. The van der Waals surface area contributed by atoms with Crippen molar-refractivity contribution in [3.05, 3.63) is 35.3 Å². The van der Waals surface area contributed by atoms with Gasteiger partial charge in [0.1, 0.15) is 11.4 Å². The zero-order valence-electron chi connectivity index (χ0n) is 15.3. The fourth-order valence-corrected chi connectivity index (χ4v) is 5.42. The number of nitrogens with zero attached hydrogens (tertiary/aromatic N) is 1. The Labute approximate surface area is 161 Å². The number of rotatable bonds is 5. The van der Waals surface area contributed by atoms with Crippen molar-refractivity contribution in [2.24, 2.45) is 0 Å². The number of amides is 1. The molecule has 1 saturated heterocycles. The maximum Gasteiger partial charge on any atom is 0.375 e. The highest BCUT2D eigenvalue weighted by atomic mass is 32.2. The van der Waals surface area contributed by atoms with E-state index in [0.29, 0.717) is 23.0 Å². The van der Waals surface area contributed by atoms with E-state index < -0.39 is 34.1 Å². The lowest BCUT2D eigenvalue weighted by atomic mass is 10.1. The summed E-state index contributed by atoms with van der Waals surface area (Å²) in [6, 6.07) is 3.58. The maximum absolute atomic E-state index is 13.4. The SMILES string of the molecule is Cc1c(C(=O)OCC(=O)N(C2CC2)[C@@H]2CCS(=O)(=O)C2)oc2ccc(F)cc12. The number of fused-ring (bicyclic) bond motifs is 1. The number of ether oxygens (including phenoxy) is 1. The Balaban J connectivity index is 1.45. The highest BCUT2D eigenvalue weighted by molar-refractivity contribution is 7.91. The second kappa shape index (κ2) is 6.88. The molecule has 150 valence electrons. The van der Waals surface area contributed by atoms with E-state index in [1.807, 2.05) is 0 Å². The van der Waals surface area contributed by atoms with Gasteiger partial charge in [0.2, 0.25) is 5.76 Å². The Bertz CT molecular complexity index is 1060. The van der Waals surface area contributed by atoms with Crippen LogP contribution in [0.5, 0.6) is 0 Å². The molecule has 1 aromatic heterocycles. The Hall–Kier alpha value is -2.42. The first-order valence-electron chi connectivity index (χ1n) is 9.12. The average Bonchev–Trinajstić information content (AvgIpc) is 3.33. The predicted octanol–water partition coefficient (Wildman–Crippen LogP) is 2.22. The molecule has 7 nitrogen and oxygen atoms in total. The maximum atomic E-state index is 13.4. The van der Waals surface area contributed by atoms with Gasteiger partial charge >= 0.3 is 5.97 Å². The minimum atomic E-state index is -3.13. The molecule has 2 heterocycles. The summed E-state index contributed by atoms with van der Waals surface area (Å²) >= 11 is 0. The Morgan fingerprint density at radius 3 is 2.64 bits per heavy atom. The Kier molecular flexibility index (Phi) is 4.65. The molecule has 1 aliphatic heterocycles. The third-order valence-electron chi connectivity index (χ3n) is 5.24. The summed E-state index contributed by atoms with van der Waals surface area (Å²) in [5.74, 6) is -1.71. The first-order valence-corrected chi connectivity index (χ1v) is 10.9. The zero-order chi connectivity index (χ0) is 20.1. The lowest BCUT2D eigenvalue weighted by molar-refractivity contribution is -0.137. The van der Waals surface area contributed by atoms with Crippen LogP contribution in [0.25, 0.3) is 11.0 Å². The normalized spacial score (nSPS) is 21.0. The fourth-order valence-electron chi connectivity index (χ4n) is 3.71. The van der Waals surface area contributed by atoms with E-state index in [4.69, 9.17) is 9.15 Å². The average molecular weight is 409 g/mol. The van der Waals surface area contributed by atoms with Crippen molar-refractivity contribution in [3.63, 3.8) is 0 Å². The molecule has 0 spiro atoms. The summed E-state index contributed by atoms with van der Waals surface area (Å²) in [7, 11) is -3.13. The van der Waals surface area contributed by atoms with Gasteiger partial charge in [-0.1, -0.05) is 0 Å². The summed E-state index contributed by atoms with van der Waals surface area (Å²) in [6.07, 6.45) is 2.06. The molecular formula is C19H20FNO6S. The summed E-state index contributed by atoms with van der Waals surface area (Å²) in [4.78, 5) is 26.6. The van der Waals surface area contributed by atoms with Crippen LogP contribution in [0.1, 0.15) is 35.4 Å². The van der Waals surface area contributed by atoms with Gasteiger partial charge in [-0.15, -0.1) is 0 Å². The molecular weight excluding hydrogens is 389 g/mol. The molecule has 1 atom stereocenters. The van der Waals surface area contributed by atoms with Crippen LogP contribution in [-0.2, 0) is 19.4 Å². The van der Waals surface area contributed by atoms with Crippen molar-refractivity contribution in [1.82, 2.24) is 4.90 Å². The van der Waals surface area contributed by atoms with E-state index in [1.165, 1.54) is 18.2 Å². The van der Waals surface area contributed by atoms with Crippen molar-refractivity contribution in [3.8, 4) is 0 Å². The van der Waals surface area contributed by atoms with Gasteiger partial charge in [0.05, 0.1) is 11.5 Å². The van der Waals surface area contributed by atoms with Crippen molar-refractivity contribution < 1.29 is 31.6 Å². The van der Waals surface area contributed by atoms with Crippen LogP contribution in [0.4, 0.5) is 4.39 Å². The van der Waals surface area contributed by atoms with Gasteiger partial charge in [-0.3, -0.25) is 4.79 Å². The summed E-state index contributed by atoms with van der Waals surface area (Å²) in [5.41, 5.74) is 0.792. The second-order valence-electron chi connectivity index (χ2n) is 7.36. The van der Waals surface area contributed by atoms with Crippen molar-refractivity contribution >= 4 is 32.7 Å². The van der Waals surface area contributed by atoms with Gasteiger partial charge in [0, 0.05) is 23.0 Å². The van der Waals surface area contributed by atoms with E-state index >= 15 is 0 Å². The number of esters is 1. The molecule has 4 rings (SSSR count). The Morgan fingerprint density at radius 2 is 2.00 bits per heavy atom. The minimum absolute atomic E-state index is 0.0143. The van der Waals surface area contributed by atoms with Gasteiger partial charge in [-0.25, -0.2) is 17.6 Å². The molecule has 2 aromatic rings. The number of carbonyl (C=O) groups excluding carboxylic acids is 2. The van der Waals surface area contributed by atoms with Crippen molar-refractivity contribution in [1.29, 1.82) is 0 Å². The molecule has 1 amide bonds. The molecule has 0 bridgehead atoms. The Morgan fingerprint density at radius 1 is 1.25 bits per heavy atom. The largest absolute Gasteiger partial charge is 0.450 e. The summed E-state index contributed by atoms with van der Waals surface area (Å²) in [6.45, 7) is 1.13. The van der Waals surface area contributed by atoms with Gasteiger partial charge < -0.3 is 14.1 Å². The van der Waals surface area contributed by atoms with E-state index in [1.54, 1.807) is 11.8 Å². The van der Waals surface area contributed by atoms with Gasteiger partial charge in [0.25, 0.3) is 5.91 Å². The number of halogens is 1. The van der Waals surface area contributed by atoms with Crippen LogP contribution >= 0.6 is 0 Å². The van der Waals surface area contributed by atoms with E-state index in [-0.39, 0.29) is 29.3 Å². The molecule has 1 aliphatic carbocycles. The topological polar surface area (TPSA) is 93.9 Å². The first kappa shape index (κ1) is 18.9. The number of benzene rings is 1. The first-order chi connectivity index (χ1) is 13.2. The van der Waals surface area contributed by atoms with Crippen LogP contribution in [0.2, 0.25) is 0 Å². The standard InChI is InChI=1S/C19H20FNO6S/c1-11-15-8-12(20)2-5-16(15)27-18(11)19(23)26-9-17(22)21(13-3-4-13)14-6-7-28(24,25)10-14/h2,5,8,13-14H,3-4,6-7,9-10H2,1H3/t14-/m1/s1. The summed E-state index contributed by atoms with van der Waals surface area (Å²) in [5, 5.41) is 0.467. The number of sulfone groups is 1. The van der Waals surface area contributed by atoms with E-state index in [9.17, 15) is 22.4 Å². The zero-order valence-corrected chi connectivity index (χ0v) is 16.1. The molecule has 28 heavy (non-hydrogen) atoms. The molecule has 0 radical (unpaired) electrons. The van der Waals surface area contributed by atoms with Crippen molar-refractivity contribution in [2.75, 3.05) is 18.1 Å². The van der Waals surface area contributed by atoms with E-state index in [0.717, 1.165) is 12.8 Å². The second-order valence-corrected chi connectivity index (χ2v) is 9.59.